The molecule has 146 valence electrons. The summed E-state index contributed by atoms with van der Waals surface area (Å²) in [5, 5.41) is 22.1. The quantitative estimate of drug-likeness (QED) is 0.666. The number of carbonyl (C=O) groups excluding carboxylic acids is 1. The van der Waals surface area contributed by atoms with Crippen LogP contribution in [0.1, 0.15) is 17.3 Å². The van der Waals surface area contributed by atoms with E-state index in [1.54, 1.807) is 35.5 Å². The lowest BCUT2D eigenvalue weighted by atomic mass is 9.90. The smallest absolute Gasteiger partial charge is 0.229 e. The Hall–Kier alpha value is -3.27. The maximum absolute atomic E-state index is 13.0. The van der Waals surface area contributed by atoms with Crippen molar-refractivity contribution in [2.45, 2.75) is 12.8 Å². The van der Waals surface area contributed by atoms with Crippen LogP contribution in [0.3, 0.4) is 0 Å². The number of nitrogens with zero attached hydrogens (tertiary/aromatic N) is 6. The lowest BCUT2D eigenvalue weighted by Crippen LogP contribution is -2.28. The number of aromatic nitrogens is 6. The van der Waals surface area contributed by atoms with Gasteiger partial charge in [0.1, 0.15) is 11.4 Å². The molecule has 3 aromatic rings. The number of methoxy groups -OCH3 is 1. The van der Waals surface area contributed by atoms with Crippen LogP contribution in [0.2, 0.25) is 0 Å². The molecule has 0 saturated carbocycles. The van der Waals surface area contributed by atoms with E-state index in [9.17, 15) is 4.79 Å². The number of amides is 1. The molecule has 2 N–H and O–H groups in total. The number of aryl methyl sites for hydroxylation is 2. The second-order valence-corrected chi connectivity index (χ2v) is 6.83. The summed E-state index contributed by atoms with van der Waals surface area (Å²) in [6, 6.07) is 5.40. The van der Waals surface area contributed by atoms with E-state index in [-0.39, 0.29) is 17.7 Å². The molecular formula is C18H22N8O2. The molecule has 1 saturated heterocycles. The minimum atomic E-state index is -0.176. The average Bonchev–Trinajstić information content (AvgIpc) is 3.42. The fourth-order valence-corrected chi connectivity index (χ4v) is 3.56. The van der Waals surface area contributed by atoms with E-state index in [1.807, 2.05) is 25.5 Å². The van der Waals surface area contributed by atoms with E-state index in [1.165, 1.54) is 0 Å². The number of anilines is 1. The summed E-state index contributed by atoms with van der Waals surface area (Å²) < 4.78 is 8.74. The van der Waals surface area contributed by atoms with E-state index < -0.39 is 0 Å². The van der Waals surface area contributed by atoms with Crippen LogP contribution >= 0.6 is 0 Å². The standard InChI is InChI=1S/C18H22N8O2/c1-11-22-23-24-26(11)16-6-13(4-5-17(16)28-3)21-18(27)15-9-19-8-14(15)12-7-20-25(2)10-12/h4-7,10,14-15,19H,8-9H2,1-3H3,(H,21,27)/t14-,15+/m1/s1. The van der Waals surface area contributed by atoms with Gasteiger partial charge in [-0.3, -0.25) is 9.48 Å². The SMILES string of the molecule is COc1ccc(NC(=O)[C@H]2CNC[C@@H]2c2cnn(C)c2)cc1-n1nnnc1C. The van der Waals surface area contributed by atoms with Crippen LogP contribution in [0.4, 0.5) is 5.69 Å². The second kappa shape index (κ2) is 7.39. The summed E-state index contributed by atoms with van der Waals surface area (Å²) in [5.74, 6) is 1.11. The highest BCUT2D eigenvalue weighted by Gasteiger charge is 2.34. The second-order valence-electron chi connectivity index (χ2n) is 6.83. The van der Waals surface area contributed by atoms with Gasteiger partial charge < -0.3 is 15.4 Å². The molecule has 10 heteroatoms. The van der Waals surface area contributed by atoms with Gasteiger partial charge in [0, 0.05) is 37.9 Å². The van der Waals surface area contributed by atoms with Crippen molar-refractivity contribution in [2.75, 3.05) is 25.5 Å². The molecule has 0 spiro atoms. The van der Waals surface area contributed by atoms with Gasteiger partial charge in [0.15, 0.2) is 5.82 Å². The average molecular weight is 382 g/mol. The molecule has 0 unspecified atom stereocenters. The van der Waals surface area contributed by atoms with Gasteiger partial charge in [-0.05, 0) is 41.1 Å². The zero-order valence-electron chi connectivity index (χ0n) is 16.0. The lowest BCUT2D eigenvalue weighted by Gasteiger charge is -2.18. The molecule has 10 nitrogen and oxygen atoms in total. The summed E-state index contributed by atoms with van der Waals surface area (Å²) in [7, 11) is 3.46. The zero-order valence-corrected chi connectivity index (χ0v) is 16.0. The van der Waals surface area contributed by atoms with Gasteiger partial charge in [-0.2, -0.15) is 9.78 Å². The molecule has 2 atom stereocenters. The molecule has 1 aliphatic rings. The van der Waals surface area contributed by atoms with E-state index in [0.717, 1.165) is 12.1 Å². The highest BCUT2D eigenvalue weighted by Crippen LogP contribution is 2.30. The van der Waals surface area contributed by atoms with Crippen LogP contribution in [-0.2, 0) is 11.8 Å². The fraction of sp³-hybridized carbons (Fsp3) is 0.389. The molecule has 2 aromatic heterocycles. The van der Waals surface area contributed by atoms with Crippen molar-refractivity contribution in [3.05, 3.63) is 42.0 Å². The third-order valence-corrected chi connectivity index (χ3v) is 5.00. The summed E-state index contributed by atoms with van der Waals surface area (Å²) >= 11 is 0. The lowest BCUT2D eigenvalue weighted by molar-refractivity contribution is -0.119. The number of nitrogens with one attached hydrogen (secondary N) is 2. The Bertz CT molecular complexity index is 995. The third-order valence-electron chi connectivity index (χ3n) is 5.00. The maximum atomic E-state index is 13.0. The Balaban J connectivity index is 1.57. The van der Waals surface area contributed by atoms with Crippen LogP contribution in [0.15, 0.2) is 30.6 Å². The van der Waals surface area contributed by atoms with Gasteiger partial charge in [0.05, 0.1) is 19.2 Å². The van der Waals surface area contributed by atoms with Crippen molar-refractivity contribution in [2.24, 2.45) is 13.0 Å². The third kappa shape index (κ3) is 3.33. The molecule has 3 heterocycles. The Morgan fingerprint density at radius 1 is 1.36 bits per heavy atom. The van der Waals surface area contributed by atoms with E-state index >= 15 is 0 Å². The van der Waals surface area contributed by atoms with Gasteiger partial charge >= 0.3 is 0 Å². The van der Waals surface area contributed by atoms with Crippen LogP contribution in [0.25, 0.3) is 5.69 Å². The van der Waals surface area contributed by atoms with Crippen molar-refractivity contribution >= 4 is 11.6 Å². The summed E-state index contributed by atoms with van der Waals surface area (Å²) in [4.78, 5) is 13.0. The number of tetrazole rings is 1. The molecule has 0 radical (unpaired) electrons. The number of hydrogen-bond acceptors (Lipinski definition) is 7. The van der Waals surface area contributed by atoms with Crippen molar-refractivity contribution in [1.82, 2.24) is 35.3 Å². The van der Waals surface area contributed by atoms with Gasteiger partial charge in [-0.25, -0.2) is 0 Å². The van der Waals surface area contributed by atoms with Crippen molar-refractivity contribution in [3.8, 4) is 11.4 Å². The molecule has 1 fully saturated rings. The van der Waals surface area contributed by atoms with Crippen molar-refractivity contribution < 1.29 is 9.53 Å². The summed E-state index contributed by atoms with van der Waals surface area (Å²) in [5.41, 5.74) is 2.39. The Kier molecular flexibility index (Phi) is 4.78. The molecule has 0 aliphatic carbocycles. The Labute approximate surface area is 161 Å². The first-order chi connectivity index (χ1) is 13.6. The number of rotatable bonds is 5. The summed E-state index contributed by atoms with van der Waals surface area (Å²) in [6.45, 7) is 3.18. The first-order valence-corrected chi connectivity index (χ1v) is 9.00. The van der Waals surface area contributed by atoms with Crippen molar-refractivity contribution in [1.29, 1.82) is 0 Å². The van der Waals surface area contributed by atoms with Crippen LogP contribution < -0.4 is 15.4 Å². The first kappa shape index (κ1) is 18.1. The van der Waals surface area contributed by atoms with Gasteiger partial charge in [0.2, 0.25) is 5.91 Å². The minimum Gasteiger partial charge on any atom is -0.494 e. The number of carbonyl (C=O) groups is 1. The Morgan fingerprint density at radius 3 is 2.89 bits per heavy atom. The van der Waals surface area contributed by atoms with E-state index in [0.29, 0.717) is 29.5 Å². The van der Waals surface area contributed by atoms with E-state index in [4.69, 9.17) is 4.74 Å². The molecule has 1 amide bonds. The number of hydrogen-bond donors (Lipinski definition) is 2. The minimum absolute atomic E-state index is 0.0385. The number of benzene rings is 1. The van der Waals surface area contributed by atoms with Crippen LogP contribution in [-0.4, -0.2) is 56.1 Å². The normalized spacial score (nSPS) is 19.0. The van der Waals surface area contributed by atoms with Gasteiger partial charge in [0.25, 0.3) is 0 Å². The zero-order chi connectivity index (χ0) is 19.7. The highest BCUT2D eigenvalue weighted by atomic mass is 16.5. The predicted octanol–water partition coefficient (Wildman–Crippen LogP) is 0.655. The van der Waals surface area contributed by atoms with E-state index in [2.05, 4.69) is 31.3 Å². The van der Waals surface area contributed by atoms with Gasteiger partial charge in [-0.15, -0.1) is 5.10 Å². The monoisotopic (exact) mass is 382 g/mol. The molecule has 4 rings (SSSR count). The molecule has 0 bridgehead atoms. The predicted molar refractivity (Wildman–Crippen MR) is 101 cm³/mol. The van der Waals surface area contributed by atoms with Crippen LogP contribution in [0.5, 0.6) is 5.75 Å². The highest BCUT2D eigenvalue weighted by molar-refractivity contribution is 5.94. The topological polar surface area (TPSA) is 112 Å². The van der Waals surface area contributed by atoms with Gasteiger partial charge in [-0.1, -0.05) is 0 Å². The molecule has 1 aliphatic heterocycles. The molecule has 28 heavy (non-hydrogen) atoms. The Morgan fingerprint density at radius 2 is 2.21 bits per heavy atom. The van der Waals surface area contributed by atoms with Crippen molar-refractivity contribution in [3.63, 3.8) is 0 Å². The number of ether oxygens (including phenoxy) is 1. The largest absolute Gasteiger partial charge is 0.494 e. The van der Waals surface area contributed by atoms with Crippen LogP contribution in [0, 0.1) is 12.8 Å². The molecule has 1 aromatic carbocycles. The summed E-state index contributed by atoms with van der Waals surface area (Å²) in [6.07, 6.45) is 3.79. The molecular weight excluding hydrogens is 360 g/mol. The maximum Gasteiger partial charge on any atom is 0.229 e. The first-order valence-electron chi connectivity index (χ1n) is 9.00. The fourth-order valence-electron chi connectivity index (χ4n) is 3.56.